The molecule has 2 fully saturated rings. The zero-order valence-electron chi connectivity index (χ0n) is 27.8. The first-order valence-corrected chi connectivity index (χ1v) is 17.2. The molecule has 7 unspecified atom stereocenters. The molecular formula is C36H52N2O8. The number of amides is 2. The SMILES string of the molecule is COc1cc(C=O)cc2c1OC1C2C(C(=O)NCCO)=CC(N(CC2CCCCC2)C(=O)COC2CC(C)CCC2C(C)C)C1O. The van der Waals surface area contributed by atoms with E-state index in [2.05, 4.69) is 26.1 Å². The molecule has 1 aromatic carbocycles. The Bertz CT molecular complexity index is 1270. The van der Waals surface area contributed by atoms with Crippen molar-refractivity contribution < 1.29 is 38.8 Å². The zero-order chi connectivity index (χ0) is 33.0. The van der Waals surface area contributed by atoms with Gasteiger partial charge in [-0.05, 0) is 67.6 Å². The van der Waals surface area contributed by atoms with Crippen LogP contribution in [0.4, 0.5) is 0 Å². The summed E-state index contributed by atoms with van der Waals surface area (Å²) in [6.45, 7) is 6.82. The summed E-state index contributed by atoms with van der Waals surface area (Å²) in [7, 11) is 1.47. The number of nitrogens with one attached hydrogen (secondary N) is 1. The van der Waals surface area contributed by atoms with Gasteiger partial charge in [-0.2, -0.15) is 0 Å². The number of hydrogen-bond acceptors (Lipinski definition) is 8. The number of fused-ring (bicyclic) bond motifs is 3. The van der Waals surface area contributed by atoms with Gasteiger partial charge in [0, 0.05) is 29.8 Å². The number of carbonyl (C=O) groups is 3. The van der Waals surface area contributed by atoms with Crippen molar-refractivity contribution in [2.75, 3.05) is 33.4 Å². The standard InChI is InChI=1S/C36H52N2O8/c1-21(2)25-11-10-22(3)14-29(25)45-20-31(41)38(18-23-8-6-5-7-9-23)28-17-27(36(43)37-12-13-39)32-26-15-24(19-40)16-30(44-4)34(26)46-35(32)33(28)42/h15-17,19,21-23,25,28-29,32-33,35,39,42H,5-14,18,20H2,1-4H3,(H,37,43). The van der Waals surface area contributed by atoms with Crippen LogP contribution in [0.15, 0.2) is 23.8 Å². The van der Waals surface area contributed by atoms with E-state index in [9.17, 15) is 24.6 Å². The van der Waals surface area contributed by atoms with Gasteiger partial charge in [0.25, 0.3) is 0 Å². The molecule has 3 N–H and O–H groups in total. The molecule has 1 heterocycles. The third-order valence-electron chi connectivity index (χ3n) is 10.7. The average molecular weight is 641 g/mol. The van der Waals surface area contributed by atoms with Crippen LogP contribution >= 0.6 is 0 Å². The van der Waals surface area contributed by atoms with Gasteiger partial charge in [-0.3, -0.25) is 14.4 Å². The summed E-state index contributed by atoms with van der Waals surface area (Å²) in [6.07, 6.45) is 8.84. The van der Waals surface area contributed by atoms with Gasteiger partial charge in [-0.15, -0.1) is 0 Å². The van der Waals surface area contributed by atoms with E-state index < -0.39 is 30.1 Å². The highest BCUT2D eigenvalue weighted by Crippen LogP contribution is 2.51. The van der Waals surface area contributed by atoms with Gasteiger partial charge in [0.05, 0.1) is 31.8 Å². The van der Waals surface area contributed by atoms with Crippen LogP contribution in [0.2, 0.25) is 0 Å². The van der Waals surface area contributed by atoms with E-state index in [4.69, 9.17) is 14.2 Å². The monoisotopic (exact) mass is 640 g/mol. The number of methoxy groups -OCH3 is 1. The molecule has 3 aliphatic carbocycles. The molecule has 5 rings (SSSR count). The molecule has 1 aliphatic heterocycles. The number of ether oxygens (including phenoxy) is 3. The summed E-state index contributed by atoms with van der Waals surface area (Å²) in [5.41, 5.74) is 1.24. The average Bonchev–Trinajstić information content (AvgIpc) is 3.45. The minimum atomic E-state index is -1.16. The molecule has 1 aromatic rings. The molecule has 0 bridgehead atoms. The van der Waals surface area contributed by atoms with Crippen molar-refractivity contribution in [2.24, 2.45) is 23.7 Å². The molecule has 0 radical (unpaired) electrons. The van der Waals surface area contributed by atoms with E-state index in [1.165, 1.54) is 13.5 Å². The number of benzene rings is 1. The topological polar surface area (TPSA) is 135 Å². The number of rotatable bonds is 12. The molecule has 0 saturated heterocycles. The van der Waals surface area contributed by atoms with Crippen LogP contribution in [0.5, 0.6) is 11.5 Å². The predicted octanol–water partition coefficient (Wildman–Crippen LogP) is 4.02. The Morgan fingerprint density at radius 2 is 1.91 bits per heavy atom. The molecule has 0 spiro atoms. The second-order valence-corrected chi connectivity index (χ2v) is 14.1. The maximum absolute atomic E-state index is 14.2. The van der Waals surface area contributed by atoms with Crippen LogP contribution in [-0.4, -0.2) is 91.0 Å². The van der Waals surface area contributed by atoms with Crippen LogP contribution < -0.4 is 14.8 Å². The Kier molecular flexibility index (Phi) is 11.4. The van der Waals surface area contributed by atoms with E-state index >= 15 is 0 Å². The molecule has 4 aliphatic rings. The van der Waals surface area contributed by atoms with Crippen molar-refractivity contribution in [3.8, 4) is 11.5 Å². The van der Waals surface area contributed by atoms with Gasteiger partial charge in [0.15, 0.2) is 11.5 Å². The number of aliphatic hydroxyl groups is 2. The number of nitrogens with zero attached hydrogens (tertiary/aromatic N) is 1. The molecule has 2 saturated carbocycles. The van der Waals surface area contributed by atoms with Crippen LogP contribution in [0.1, 0.15) is 94.0 Å². The van der Waals surface area contributed by atoms with Crippen LogP contribution in [-0.2, 0) is 14.3 Å². The molecule has 7 atom stereocenters. The fourth-order valence-corrected chi connectivity index (χ4v) is 8.16. The lowest BCUT2D eigenvalue weighted by atomic mass is 9.75. The highest BCUT2D eigenvalue weighted by atomic mass is 16.5. The Hall–Kier alpha value is -2.95. The van der Waals surface area contributed by atoms with Crippen molar-refractivity contribution in [2.45, 2.75) is 102 Å². The van der Waals surface area contributed by atoms with Crippen LogP contribution in [0, 0.1) is 23.7 Å². The lowest BCUT2D eigenvalue weighted by molar-refractivity contribution is -0.148. The lowest BCUT2D eigenvalue weighted by Gasteiger charge is -2.43. The first-order chi connectivity index (χ1) is 22.2. The molecule has 10 nitrogen and oxygen atoms in total. The lowest BCUT2D eigenvalue weighted by Crippen LogP contribution is -2.57. The fraction of sp³-hybridized carbons (Fsp3) is 0.694. The molecule has 46 heavy (non-hydrogen) atoms. The first-order valence-electron chi connectivity index (χ1n) is 17.2. The summed E-state index contributed by atoms with van der Waals surface area (Å²) in [5, 5.41) is 24.2. The van der Waals surface area contributed by atoms with E-state index in [-0.39, 0.29) is 37.7 Å². The summed E-state index contributed by atoms with van der Waals surface area (Å²) >= 11 is 0. The maximum atomic E-state index is 14.2. The zero-order valence-corrected chi connectivity index (χ0v) is 27.8. The smallest absolute Gasteiger partial charge is 0.249 e. The third-order valence-corrected chi connectivity index (χ3v) is 10.7. The molecule has 2 amide bonds. The Balaban J connectivity index is 1.49. The number of hydrogen-bond donors (Lipinski definition) is 3. The number of aldehydes is 1. The summed E-state index contributed by atoms with van der Waals surface area (Å²) in [6, 6.07) is 2.38. The largest absolute Gasteiger partial charge is 0.493 e. The molecular weight excluding hydrogens is 588 g/mol. The minimum absolute atomic E-state index is 0.00704. The number of carbonyl (C=O) groups excluding carboxylic acids is 3. The van der Waals surface area contributed by atoms with Crippen LogP contribution in [0.3, 0.4) is 0 Å². The molecule has 254 valence electrons. The van der Waals surface area contributed by atoms with Gasteiger partial charge in [-0.25, -0.2) is 0 Å². The highest BCUT2D eigenvalue weighted by Gasteiger charge is 2.51. The Morgan fingerprint density at radius 3 is 2.59 bits per heavy atom. The molecule has 0 aromatic heterocycles. The Labute approximate surface area is 272 Å². The summed E-state index contributed by atoms with van der Waals surface area (Å²) in [5.74, 6) is 0.998. The Morgan fingerprint density at radius 1 is 1.15 bits per heavy atom. The normalized spacial score (nSPS) is 29.3. The predicted molar refractivity (Wildman–Crippen MR) is 173 cm³/mol. The third kappa shape index (κ3) is 7.29. The maximum Gasteiger partial charge on any atom is 0.249 e. The second kappa shape index (κ2) is 15.3. The summed E-state index contributed by atoms with van der Waals surface area (Å²) < 4.78 is 18.3. The fourth-order valence-electron chi connectivity index (χ4n) is 8.16. The number of aliphatic hydroxyl groups excluding tert-OH is 2. The van der Waals surface area contributed by atoms with Gasteiger partial charge in [0.2, 0.25) is 11.8 Å². The van der Waals surface area contributed by atoms with Crippen molar-refractivity contribution >= 4 is 18.1 Å². The van der Waals surface area contributed by atoms with E-state index in [1.54, 1.807) is 23.1 Å². The van der Waals surface area contributed by atoms with Crippen molar-refractivity contribution in [1.29, 1.82) is 0 Å². The van der Waals surface area contributed by atoms with Crippen LogP contribution in [0.25, 0.3) is 0 Å². The van der Waals surface area contributed by atoms with Gasteiger partial charge < -0.3 is 34.6 Å². The van der Waals surface area contributed by atoms with Crippen molar-refractivity contribution in [1.82, 2.24) is 10.2 Å². The van der Waals surface area contributed by atoms with Gasteiger partial charge >= 0.3 is 0 Å². The van der Waals surface area contributed by atoms with Crippen molar-refractivity contribution in [3.05, 3.63) is 34.9 Å². The summed E-state index contributed by atoms with van der Waals surface area (Å²) in [4.78, 5) is 41.4. The van der Waals surface area contributed by atoms with E-state index in [1.807, 2.05) is 0 Å². The highest BCUT2D eigenvalue weighted by molar-refractivity contribution is 5.96. The van der Waals surface area contributed by atoms with E-state index in [0.29, 0.717) is 58.8 Å². The van der Waals surface area contributed by atoms with E-state index in [0.717, 1.165) is 44.9 Å². The quantitative estimate of drug-likeness (QED) is 0.292. The van der Waals surface area contributed by atoms with Gasteiger partial charge in [0.1, 0.15) is 25.1 Å². The first kappa shape index (κ1) is 34.4. The van der Waals surface area contributed by atoms with Gasteiger partial charge in [-0.1, -0.05) is 46.5 Å². The molecule has 10 heteroatoms. The second-order valence-electron chi connectivity index (χ2n) is 14.1. The minimum Gasteiger partial charge on any atom is -0.493 e. The van der Waals surface area contributed by atoms with Crippen molar-refractivity contribution in [3.63, 3.8) is 0 Å².